The molecule has 3 aromatic heterocycles. The molecule has 148 valence electrons. The zero-order valence-corrected chi connectivity index (χ0v) is 18.0. The molecule has 0 bridgehead atoms. The first-order chi connectivity index (χ1) is 14.0. The van der Waals surface area contributed by atoms with Gasteiger partial charge in [0.2, 0.25) is 5.91 Å². The van der Waals surface area contributed by atoms with Gasteiger partial charge < -0.3 is 5.32 Å². The largest absolute Gasteiger partial charge is 0.354 e. The number of aryl methyl sites for hydroxylation is 1. The molecular weight excluding hydrogens is 426 g/mol. The van der Waals surface area contributed by atoms with E-state index in [9.17, 15) is 9.59 Å². The highest BCUT2D eigenvalue weighted by atomic mass is 35.5. The lowest BCUT2D eigenvalue weighted by molar-refractivity contribution is -0.121. The molecule has 0 spiro atoms. The van der Waals surface area contributed by atoms with Gasteiger partial charge in [-0.2, -0.15) is 0 Å². The van der Waals surface area contributed by atoms with Crippen molar-refractivity contribution in [2.24, 2.45) is 0 Å². The van der Waals surface area contributed by atoms with Crippen molar-refractivity contribution >= 4 is 50.4 Å². The maximum atomic E-state index is 13.0. The molecule has 0 atom stereocenters. The highest BCUT2D eigenvalue weighted by Crippen LogP contribution is 2.34. The van der Waals surface area contributed by atoms with Crippen LogP contribution in [-0.4, -0.2) is 22.0 Å². The molecule has 1 amide bonds. The summed E-state index contributed by atoms with van der Waals surface area (Å²) in [5, 5.41) is 6.08. The molecule has 0 aliphatic heterocycles. The van der Waals surface area contributed by atoms with E-state index in [0.717, 1.165) is 16.0 Å². The Morgan fingerprint density at radius 3 is 2.72 bits per heavy atom. The van der Waals surface area contributed by atoms with Gasteiger partial charge in [0.1, 0.15) is 11.4 Å². The number of benzene rings is 1. The number of fused-ring (bicyclic) bond motifs is 1. The lowest BCUT2D eigenvalue weighted by Crippen LogP contribution is -2.33. The minimum absolute atomic E-state index is 0.0544. The van der Waals surface area contributed by atoms with E-state index in [1.165, 1.54) is 27.1 Å². The number of nitrogens with zero attached hydrogens (tertiary/aromatic N) is 2. The van der Waals surface area contributed by atoms with Gasteiger partial charge in [-0.05, 0) is 43.2 Å². The van der Waals surface area contributed by atoms with Crippen LogP contribution in [0.3, 0.4) is 0 Å². The summed E-state index contributed by atoms with van der Waals surface area (Å²) in [7, 11) is 0. The Hall–Kier alpha value is -2.48. The molecule has 0 saturated heterocycles. The number of carbonyl (C=O) groups is 1. The third-order valence-corrected chi connectivity index (χ3v) is 6.70. The van der Waals surface area contributed by atoms with Crippen LogP contribution in [0.2, 0.25) is 5.02 Å². The summed E-state index contributed by atoms with van der Waals surface area (Å²) in [6, 6.07) is 11.6. The smallest absolute Gasteiger partial charge is 0.263 e. The summed E-state index contributed by atoms with van der Waals surface area (Å²) in [6.45, 7) is 2.47. The highest BCUT2D eigenvalue weighted by Gasteiger charge is 2.15. The third-order valence-electron chi connectivity index (χ3n) is 4.53. The lowest BCUT2D eigenvalue weighted by atomic mass is 10.1. The summed E-state index contributed by atoms with van der Waals surface area (Å²) in [4.78, 5) is 32.6. The fourth-order valence-corrected chi connectivity index (χ4v) is 5.04. The molecular formula is C21H18ClN3O2S2. The van der Waals surface area contributed by atoms with Gasteiger partial charge in [-0.15, -0.1) is 22.7 Å². The summed E-state index contributed by atoms with van der Waals surface area (Å²) < 4.78 is 1.37. The van der Waals surface area contributed by atoms with Gasteiger partial charge >= 0.3 is 0 Å². The average molecular weight is 444 g/mol. The van der Waals surface area contributed by atoms with E-state index >= 15 is 0 Å². The lowest BCUT2D eigenvalue weighted by Gasteiger charge is -2.08. The van der Waals surface area contributed by atoms with Crippen molar-refractivity contribution in [3.63, 3.8) is 0 Å². The Kier molecular flexibility index (Phi) is 5.80. The molecule has 3 heterocycles. The van der Waals surface area contributed by atoms with Crippen molar-refractivity contribution < 1.29 is 4.79 Å². The van der Waals surface area contributed by atoms with E-state index in [2.05, 4.69) is 10.3 Å². The zero-order valence-electron chi connectivity index (χ0n) is 15.6. The van der Waals surface area contributed by atoms with Gasteiger partial charge in [-0.3, -0.25) is 14.2 Å². The van der Waals surface area contributed by atoms with Crippen molar-refractivity contribution in [1.29, 1.82) is 0 Å². The van der Waals surface area contributed by atoms with Crippen molar-refractivity contribution in [3.8, 4) is 10.4 Å². The molecule has 0 fully saturated rings. The van der Waals surface area contributed by atoms with Gasteiger partial charge in [-0.1, -0.05) is 23.7 Å². The van der Waals surface area contributed by atoms with Crippen LogP contribution >= 0.6 is 34.3 Å². The van der Waals surface area contributed by atoms with Crippen molar-refractivity contribution in [3.05, 3.63) is 73.9 Å². The Morgan fingerprint density at radius 1 is 1.21 bits per heavy atom. The number of rotatable bonds is 6. The first kappa shape index (κ1) is 19.8. The molecule has 1 N–H and O–H groups in total. The van der Waals surface area contributed by atoms with E-state index in [4.69, 9.17) is 11.6 Å². The number of carbonyl (C=O) groups excluding carboxylic acids is 1. The summed E-state index contributed by atoms with van der Waals surface area (Å²) in [6.07, 6.45) is 2.14. The Morgan fingerprint density at radius 2 is 2.00 bits per heavy atom. The molecule has 0 radical (unpaired) electrons. The summed E-state index contributed by atoms with van der Waals surface area (Å²) in [5.41, 5.74) is 1.78. The minimum Gasteiger partial charge on any atom is -0.354 e. The second-order valence-corrected chi connectivity index (χ2v) is 9.23. The van der Waals surface area contributed by atoms with Gasteiger partial charge in [0, 0.05) is 32.3 Å². The molecule has 5 nitrogen and oxygen atoms in total. The Labute approximate surface area is 180 Å². The Balaban J connectivity index is 1.47. The van der Waals surface area contributed by atoms with E-state index in [1.54, 1.807) is 11.3 Å². The normalized spacial score (nSPS) is 11.1. The SMILES string of the molecule is Cc1ccc(-c2csc3ncn(CC(=O)NCCc4ccc(Cl)cc4)c(=O)c23)s1. The van der Waals surface area contributed by atoms with Crippen LogP contribution in [0.4, 0.5) is 0 Å². The predicted octanol–water partition coefficient (Wildman–Crippen LogP) is 4.51. The topological polar surface area (TPSA) is 64.0 Å². The maximum absolute atomic E-state index is 13.0. The fourth-order valence-electron chi connectivity index (χ4n) is 3.05. The van der Waals surface area contributed by atoms with Gasteiger partial charge in [0.25, 0.3) is 5.56 Å². The van der Waals surface area contributed by atoms with Crippen LogP contribution in [0.1, 0.15) is 10.4 Å². The van der Waals surface area contributed by atoms with Crippen molar-refractivity contribution in [2.75, 3.05) is 6.54 Å². The number of amides is 1. The van der Waals surface area contributed by atoms with Crippen LogP contribution in [-0.2, 0) is 17.8 Å². The fraction of sp³-hybridized carbons (Fsp3) is 0.190. The van der Waals surface area contributed by atoms with Crippen LogP contribution in [0.5, 0.6) is 0 Å². The molecule has 8 heteroatoms. The summed E-state index contributed by atoms with van der Waals surface area (Å²) >= 11 is 8.97. The van der Waals surface area contributed by atoms with Crippen LogP contribution < -0.4 is 10.9 Å². The van der Waals surface area contributed by atoms with Gasteiger partial charge in [-0.25, -0.2) is 4.98 Å². The second kappa shape index (κ2) is 8.49. The molecule has 4 aromatic rings. The van der Waals surface area contributed by atoms with Crippen LogP contribution in [0, 0.1) is 6.92 Å². The highest BCUT2D eigenvalue weighted by molar-refractivity contribution is 7.19. The predicted molar refractivity (Wildman–Crippen MR) is 120 cm³/mol. The molecule has 29 heavy (non-hydrogen) atoms. The molecule has 0 aliphatic carbocycles. The van der Waals surface area contributed by atoms with E-state index < -0.39 is 0 Å². The van der Waals surface area contributed by atoms with Gasteiger partial charge in [0.05, 0.1) is 11.7 Å². The number of halogens is 1. The standard InChI is InChI=1S/C21H18ClN3O2S2/c1-13-2-7-17(29-13)16-11-28-20-19(16)21(27)25(12-24-20)10-18(26)23-9-8-14-3-5-15(22)6-4-14/h2-7,11-12H,8-10H2,1H3,(H,23,26). The second-order valence-electron chi connectivity index (χ2n) is 6.64. The number of thiophene rings is 2. The maximum Gasteiger partial charge on any atom is 0.263 e. The first-order valence-electron chi connectivity index (χ1n) is 9.06. The van der Waals surface area contributed by atoms with Crippen LogP contribution in [0.25, 0.3) is 20.7 Å². The molecule has 1 aromatic carbocycles. The number of hydrogen-bond acceptors (Lipinski definition) is 5. The average Bonchev–Trinajstić information content (AvgIpc) is 3.32. The van der Waals surface area contributed by atoms with Crippen molar-refractivity contribution in [2.45, 2.75) is 19.9 Å². The minimum atomic E-state index is -0.217. The number of aromatic nitrogens is 2. The molecule has 4 rings (SSSR count). The molecule has 0 aliphatic rings. The van der Waals surface area contributed by atoms with Gasteiger partial charge in [0.15, 0.2) is 0 Å². The molecule has 0 saturated carbocycles. The van der Waals surface area contributed by atoms with E-state index in [1.807, 2.05) is 48.7 Å². The molecule has 0 unspecified atom stereocenters. The number of nitrogens with one attached hydrogen (secondary N) is 1. The first-order valence-corrected chi connectivity index (χ1v) is 11.1. The van der Waals surface area contributed by atoms with Crippen LogP contribution in [0.15, 0.2) is 52.9 Å². The van der Waals surface area contributed by atoms with E-state index in [-0.39, 0.29) is 18.0 Å². The Bertz CT molecular complexity index is 1220. The monoisotopic (exact) mass is 443 g/mol. The third kappa shape index (κ3) is 4.42. The summed E-state index contributed by atoms with van der Waals surface area (Å²) in [5.74, 6) is -0.217. The number of hydrogen-bond donors (Lipinski definition) is 1. The van der Waals surface area contributed by atoms with Crippen molar-refractivity contribution in [1.82, 2.24) is 14.9 Å². The quantitative estimate of drug-likeness (QED) is 0.477. The van der Waals surface area contributed by atoms with E-state index in [0.29, 0.717) is 28.2 Å². The zero-order chi connectivity index (χ0) is 20.4.